The summed E-state index contributed by atoms with van der Waals surface area (Å²) in [4.78, 5) is 10.9. The van der Waals surface area contributed by atoms with Gasteiger partial charge in [-0.3, -0.25) is 0 Å². The smallest absolute Gasteiger partial charge is 0.335 e. The largest absolute Gasteiger partial charge is 0.429 e. The van der Waals surface area contributed by atoms with Gasteiger partial charge < -0.3 is 9.47 Å². The quantitative estimate of drug-likeness (QED) is 0.343. The van der Waals surface area contributed by atoms with Crippen LogP contribution in [0.3, 0.4) is 0 Å². The summed E-state index contributed by atoms with van der Waals surface area (Å²) in [6.45, 7) is 8.79. The highest BCUT2D eigenvalue weighted by Crippen LogP contribution is 2.36. The summed E-state index contributed by atoms with van der Waals surface area (Å²) in [7, 11) is 0. The van der Waals surface area contributed by atoms with Gasteiger partial charge in [0.1, 0.15) is 5.60 Å². The molecule has 1 fully saturated rings. The van der Waals surface area contributed by atoms with E-state index in [0.29, 0.717) is 5.57 Å². The number of carbonyl (C=O) groups is 1. The lowest BCUT2D eigenvalue weighted by atomic mass is 10.2. The van der Waals surface area contributed by atoms with E-state index in [4.69, 9.17) is 9.47 Å². The first-order valence-electron chi connectivity index (χ1n) is 3.48. The van der Waals surface area contributed by atoms with Crippen molar-refractivity contribution in [3.05, 3.63) is 12.2 Å². The van der Waals surface area contributed by atoms with Crippen LogP contribution in [0.15, 0.2) is 12.2 Å². The van der Waals surface area contributed by atoms with Gasteiger partial charge >= 0.3 is 5.97 Å². The molecule has 0 spiro atoms. The van der Waals surface area contributed by atoms with E-state index in [2.05, 4.69) is 6.58 Å². The van der Waals surface area contributed by atoms with E-state index in [9.17, 15) is 4.79 Å². The minimum Gasteiger partial charge on any atom is -0.429 e. The second-order valence-electron chi connectivity index (χ2n) is 3.24. The van der Waals surface area contributed by atoms with E-state index < -0.39 is 0 Å². The molecule has 0 aliphatic carbocycles. The van der Waals surface area contributed by atoms with E-state index in [1.165, 1.54) is 0 Å². The van der Waals surface area contributed by atoms with Crippen molar-refractivity contribution in [2.75, 3.05) is 0 Å². The summed E-state index contributed by atoms with van der Waals surface area (Å²) in [5, 5.41) is 0. The third-order valence-corrected chi connectivity index (χ3v) is 1.48. The SMILES string of the molecule is C=C(C)C(=O)OC1OC1(C)C. The van der Waals surface area contributed by atoms with Gasteiger partial charge in [0.25, 0.3) is 0 Å². The monoisotopic (exact) mass is 156 g/mol. The summed E-state index contributed by atoms with van der Waals surface area (Å²) < 4.78 is 9.92. The third-order valence-electron chi connectivity index (χ3n) is 1.48. The second-order valence-corrected chi connectivity index (χ2v) is 3.24. The molecular formula is C8H12O3. The molecule has 1 atom stereocenters. The average molecular weight is 156 g/mol. The summed E-state index contributed by atoms with van der Waals surface area (Å²) in [5.41, 5.74) is 0.0989. The molecule has 3 nitrogen and oxygen atoms in total. The molecule has 11 heavy (non-hydrogen) atoms. The molecule has 3 heteroatoms. The van der Waals surface area contributed by atoms with Crippen molar-refractivity contribution in [3.63, 3.8) is 0 Å². The number of ether oxygens (including phenoxy) is 2. The van der Waals surface area contributed by atoms with E-state index in [1.807, 2.05) is 13.8 Å². The second kappa shape index (κ2) is 2.34. The molecular weight excluding hydrogens is 144 g/mol. The van der Waals surface area contributed by atoms with Gasteiger partial charge in [-0.05, 0) is 20.8 Å². The van der Waals surface area contributed by atoms with Crippen LogP contribution in [0.5, 0.6) is 0 Å². The zero-order chi connectivity index (χ0) is 8.65. The van der Waals surface area contributed by atoms with E-state index in [-0.39, 0.29) is 17.9 Å². The highest BCUT2D eigenvalue weighted by Gasteiger charge is 2.51. The first kappa shape index (κ1) is 8.27. The molecule has 0 amide bonds. The Morgan fingerprint density at radius 3 is 2.36 bits per heavy atom. The fourth-order valence-electron chi connectivity index (χ4n) is 0.606. The summed E-state index contributed by atoms with van der Waals surface area (Å²) in [5.74, 6) is -0.388. The van der Waals surface area contributed by atoms with Gasteiger partial charge in [-0.25, -0.2) is 4.79 Å². The number of hydrogen-bond acceptors (Lipinski definition) is 3. The molecule has 0 radical (unpaired) electrons. The van der Waals surface area contributed by atoms with Crippen molar-refractivity contribution in [2.45, 2.75) is 32.7 Å². The van der Waals surface area contributed by atoms with Crippen molar-refractivity contribution in [3.8, 4) is 0 Å². The number of rotatable bonds is 2. The molecule has 1 unspecified atom stereocenters. The molecule has 0 aromatic carbocycles. The molecule has 0 N–H and O–H groups in total. The maximum absolute atomic E-state index is 10.9. The first-order chi connectivity index (χ1) is 4.93. The predicted molar refractivity (Wildman–Crippen MR) is 39.9 cm³/mol. The Balaban J connectivity index is 2.35. The van der Waals surface area contributed by atoms with Gasteiger partial charge in [0.05, 0.1) is 0 Å². The topological polar surface area (TPSA) is 38.8 Å². The highest BCUT2D eigenvalue weighted by atomic mass is 16.8. The zero-order valence-electron chi connectivity index (χ0n) is 7.01. The van der Waals surface area contributed by atoms with Crippen LogP contribution in [-0.4, -0.2) is 17.9 Å². The Morgan fingerprint density at radius 1 is 1.64 bits per heavy atom. The lowest BCUT2D eigenvalue weighted by molar-refractivity contribution is -0.143. The number of esters is 1. The fourth-order valence-corrected chi connectivity index (χ4v) is 0.606. The minimum absolute atomic E-state index is 0.300. The first-order valence-corrected chi connectivity index (χ1v) is 3.48. The number of carbonyl (C=O) groups excluding carboxylic acids is 1. The van der Waals surface area contributed by atoms with E-state index in [0.717, 1.165) is 0 Å². The summed E-state index contributed by atoms with van der Waals surface area (Å²) in [6, 6.07) is 0. The van der Waals surface area contributed by atoms with Crippen LogP contribution in [-0.2, 0) is 14.3 Å². The van der Waals surface area contributed by atoms with E-state index in [1.54, 1.807) is 6.92 Å². The number of hydrogen-bond donors (Lipinski definition) is 0. The lowest BCUT2D eigenvalue weighted by Crippen LogP contribution is -2.13. The van der Waals surface area contributed by atoms with Gasteiger partial charge in [-0.1, -0.05) is 6.58 Å². The van der Waals surface area contributed by atoms with Crippen LogP contribution in [0.1, 0.15) is 20.8 Å². The molecule has 0 aromatic heterocycles. The van der Waals surface area contributed by atoms with Crippen LogP contribution in [0.25, 0.3) is 0 Å². The number of epoxide rings is 1. The lowest BCUT2D eigenvalue weighted by Gasteiger charge is -1.99. The Hall–Kier alpha value is -0.830. The molecule has 0 aromatic rings. The average Bonchev–Trinajstić information content (AvgIpc) is 2.39. The molecule has 1 rings (SSSR count). The van der Waals surface area contributed by atoms with Gasteiger partial charge in [0, 0.05) is 5.57 Å². The zero-order valence-corrected chi connectivity index (χ0v) is 7.01. The molecule has 1 aliphatic rings. The Labute approximate surface area is 66.0 Å². The van der Waals surface area contributed by atoms with Crippen molar-refractivity contribution >= 4 is 5.97 Å². The third kappa shape index (κ3) is 1.80. The Bertz CT molecular complexity index is 205. The van der Waals surface area contributed by atoms with Crippen LogP contribution in [0.2, 0.25) is 0 Å². The van der Waals surface area contributed by atoms with Crippen molar-refractivity contribution in [1.82, 2.24) is 0 Å². The van der Waals surface area contributed by atoms with Crippen LogP contribution in [0.4, 0.5) is 0 Å². The van der Waals surface area contributed by atoms with Crippen LogP contribution < -0.4 is 0 Å². The van der Waals surface area contributed by atoms with Gasteiger partial charge in [-0.15, -0.1) is 0 Å². The molecule has 0 saturated carbocycles. The van der Waals surface area contributed by atoms with Crippen molar-refractivity contribution in [2.24, 2.45) is 0 Å². The Kier molecular flexibility index (Phi) is 1.76. The van der Waals surface area contributed by atoms with Crippen LogP contribution in [0, 0.1) is 0 Å². The molecule has 1 heterocycles. The summed E-state index contributed by atoms with van der Waals surface area (Å²) >= 11 is 0. The maximum Gasteiger partial charge on any atom is 0.335 e. The summed E-state index contributed by atoms with van der Waals surface area (Å²) in [6.07, 6.45) is -0.383. The molecule has 1 saturated heterocycles. The van der Waals surface area contributed by atoms with Gasteiger partial charge in [0.2, 0.25) is 6.29 Å². The van der Waals surface area contributed by atoms with E-state index >= 15 is 0 Å². The Morgan fingerprint density at radius 2 is 2.09 bits per heavy atom. The highest BCUT2D eigenvalue weighted by molar-refractivity contribution is 5.87. The van der Waals surface area contributed by atoms with Crippen molar-refractivity contribution in [1.29, 1.82) is 0 Å². The van der Waals surface area contributed by atoms with Crippen LogP contribution >= 0.6 is 0 Å². The minimum atomic E-state index is -0.388. The van der Waals surface area contributed by atoms with Crippen molar-refractivity contribution < 1.29 is 14.3 Å². The molecule has 62 valence electrons. The molecule has 1 aliphatic heterocycles. The van der Waals surface area contributed by atoms with Gasteiger partial charge in [-0.2, -0.15) is 0 Å². The normalized spacial score (nSPS) is 25.9. The maximum atomic E-state index is 10.9. The predicted octanol–water partition coefficient (Wildman–Crippen LogP) is 1.24. The molecule has 0 bridgehead atoms. The standard InChI is InChI=1S/C8H12O3/c1-5(2)6(9)10-7-8(3,4)11-7/h7H,1H2,2-4H3. The fraction of sp³-hybridized carbons (Fsp3) is 0.625. The van der Waals surface area contributed by atoms with Gasteiger partial charge in [0.15, 0.2) is 0 Å².